The zero-order chi connectivity index (χ0) is 14.9. The van der Waals surface area contributed by atoms with Crippen LogP contribution in [0, 0.1) is 28.4 Å². The molecule has 1 saturated heterocycles. The Hall–Kier alpha value is -1.98. The molecule has 0 aromatic heterocycles. The van der Waals surface area contributed by atoms with Gasteiger partial charge in [0.2, 0.25) is 10.0 Å². The summed E-state index contributed by atoms with van der Waals surface area (Å²) >= 11 is 0. The van der Waals surface area contributed by atoms with Crippen molar-refractivity contribution in [3.63, 3.8) is 0 Å². The van der Waals surface area contributed by atoms with Gasteiger partial charge in [0.05, 0.1) is 15.9 Å². The summed E-state index contributed by atoms with van der Waals surface area (Å²) in [7, 11) is -3.87. The summed E-state index contributed by atoms with van der Waals surface area (Å²) in [6, 6.07) is 5.05. The Kier molecular flexibility index (Phi) is 3.74. The minimum absolute atomic E-state index is 0.142. The van der Waals surface area contributed by atoms with Gasteiger partial charge in [-0.2, -0.15) is 9.57 Å². The molecule has 1 unspecified atom stereocenters. The molecule has 0 amide bonds. The summed E-state index contributed by atoms with van der Waals surface area (Å²) in [6.07, 6.45) is 1.11. The Labute approximate surface area is 116 Å². The Morgan fingerprint density at radius 1 is 1.50 bits per heavy atom. The highest BCUT2D eigenvalue weighted by molar-refractivity contribution is 7.89. The van der Waals surface area contributed by atoms with E-state index in [1.165, 1.54) is 12.1 Å². The van der Waals surface area contributed by atoms with E-state index in [4.69, 9.17) is 5.26 Å². The number of nitrogens with zero attached hydrogens (tertiary/aromatic N) is 3. The van der Waals surface area contributed by atoms with Crippen LogP contribution in [-0.2, 0) is 10.0 Å². The molecule has 0 spiro atoms. The van der Waals surface area contributed by atoms with Crippen molar-refractivity contribution in [1.29, 1.82) is 5.26 Å². The van der Waals surface area contributed by atoms with Crippen LogP contribution in [0.4, 0.5) is 5.69 Å². The largest absolute Gasteiger partial charge is 0.273 e. The Balaban J connectivity index is 2.48. The van der Waals surface area contributed by atoms with Gasteiger partial charge in [-0.15, -0.1) is 0 Å². The number of benzene rings is 1. The summed E-state index contributed by atoms with van der Waals surface area (Å²) in [4.78, 5) is 10.1. The number of nitriles is 1. The molecule has 8 heteroatoms. The maximum absolute atomic E-state index is 12.4. The number of aryl methyl sites for hydroxylation is 1. The molecule has 1 aromatic carbocycles. The van der Waals surface area contributed by atoms with Crippen LogP contribution in [0.5, 0.6) is 0 Å². The second-order valence-corrected chi connectivity index (χ2v) is 6.50. The van der Waals surface area contributed by atoms with Gasteiger partial charge in [0, 0.05) is 18.2 Å². The Morgan fingerprint density at radius 3 is 2.80 bits per heavy atom. The van der Waals surface area contributed by atoms with Crippen LogP contribution < -0.4 is 0 Å². The van der Waals surface area contributed by atoms with E-state index >= 15 is 0 Å². The molecule has 1 atom stereocenters. The maximum Gasteiger partial charge on any atom is 0.273 e. The lowest BCUT2D eigenvalue weighted by molar-refractivity contribution is -0.385. The topological polar surface area (TPSA) is 104 Å². The molecule has 1 fully saturated rings. The van der Waals surface area contributed by atoms with Crippen molar-refractivity contribution in [3.8, 4) is 6.07 Å². The molecule has 2 rings (SSSR count). The molecule has 0 bridgehead atoms. The third-order valence-corrected chi connectivity index (χ3v) is 5.24. The molecule has 0 radical (unpaired) electrons. The number of rotatable bonds is 3. The molecule has 7 nitrogen and oxygen atoms in total. The van der Waals surface area contributed by atoms with Gasteiger partial charge in [0.1, 0.15) is 6.04 Å². The highest BCUT2D eigenvalue weighted by atomic mass is 32.2. The SMILES string of the molecule is Cc1ccc(S(=O)(=O)N2CCCC2C#N)cc1[N+](=O)[O-]. The first kappa shape index (κ1) is 14.4. The van der Waals surface area contributed by atoms with Crippen LogP contribution >= 0.6 is 0 Å². The van der Waals surface area contributed by atoms with Gasteiger partial charge in [-0.25, -0.2) is 8.42 Å². The first-order valence-corrected chi connectivity index (χ1v) is 7.48. The Morgan fingerprint density at radius 2 is 2.20 bits per heavy atom. The molecule has 0 N–H and O–H groups in total. The number of nitro groups is 1. The van der Waals surface area contributed by atoms with Gasteiger partial charge in [0.25, 0.3) is 5.69 Å². The van der Waals surface area contributed by atoms with Crippen molar-refractivity contribution >= 4 is 15.7 Å². The van der Waals surface area contributed by atoms with Crippen molar-refractivity contribution in [2.75, 3.05) is 6.54 Å². The number of nitro benzene ring substituents is 1. The third kappa shape index (κ3) is 2.37. The van der Waals surface area contributed by atoms with E-state index in [1.54, 1.807) is 6.92 Å². The van der Waals surface area contributed by atoms with Gasteiger partial charge in [0.15, 0.2) is 0 Å². The van der Waals surface area contributed by atoms with Crippen LogP contribution in [0.2, 0.25) is 0 Å². The molecular weight excluding hydrogens is 282 g/mol. The monoisotopic (exact) mass is 295 g/mol. The van der Waals surface area contributed by atoms with Gasteiger partial charge < -0.3 is 0 Å². The lowest BCUT2D eigenvalue weighted by Gasteiger charge is -2.19. The van der Waals surface area contributed by atoms with Crippen LogP contribution in [0.25, 0.3) is 0 Å². The average molecular weight is 295 g/mol. The molecular formula is C12H13N3O4S. The lowest BCUT2D eigenvalue weighted by Crippen LogP contribution is -2.34. The van der Waals surface area contributed by atoms with Gasteiger partial charge in [-0.05, 0) is 25.8 Å². The lowest BCUT2D eigenvalue weighted by atomic mass is 10.2. The average Bonchev–Trinajstić information content (AvgIpc) is 2.87. The van der Waals surface area contributed by atoms with Gasteiger partial charge in [-0.1, -0.05) is 6.07 Å². The highest BCUT2D eigenvalue weighted by Gasteiger charge is 2.36. The summed E-state index contributed by atoms with van der Waals surface area (Å²) in [5, 5.41) is 19.9. The molecule has 1 aromatic rings. The zero-order valence-corrected chi connectivity index (χ0v) is 11.6. The fourth-order valence-corrected chi connectivity index (χ4v) is 3.87. The van der Waals surface area contributed by atoms with E-state index in [0.717, 1.165) is 10.4 Å². The molecule has 1 heterocycles. The summed E-state index contributed by atoms with van der Waals surface area (Å²) < 4.78 is 26.0. The second kappa shape index (κ2) is 5.19. The molecule has 20 heavy (non-hydrogen) atoms. The molecule has 1 aliphatic rings. The molecule has 0 saturated carbocycles. The van der Waals surface area contributed by atoms with Crippen LogP contribution in [0.1, 0.15) is 18.4 Å². The van der Waals surface area contributed by atoms with Crippen LogP contribution in [-0.4, -0.2) is 30.2 Å². The van der Waals surface area contributed by atoms with E-state index in [1.807, 2.05) is 6.07 Å². The van der Waals surface area contributed by atoms with Crippen molar-refractivity contribution in [1.82, 2.24) is 4.31 Å². The fraction of sp³-hybridized carbons (Fsp3) is 0.417. The van der Waals surface area contributed by atoms with Crippen molar-refractivity contribution in [3.05, 3.63) is 33.9 Å². The van der Waals surface area contributed by atoms with E-state index in [2.05, 4.69) is 0 Å². The minimum atomic E-state index is -3.87. The molecule has 106 valence electrons. The van der Waals surface area contributed by atoms with E-state index < -0.39 is 21.0 Å². The standard InChI is InChI=1S/C12H13N3O4S/c1-9-4-5-11(7-12(9)15(16)17)20(18,19)14-6-2-3-10(14)8-13/h4-5,7,10H,2-3,6H2,1H3. The van der Waals surface area contributed by atoms with Crippen molar-refractivity contribution in [2.24, 2.45) is 0 Å². The smallest absolute Gasteiger partial charge is 0.258 e. The fourth-order valence-electron chi connectivity index (χ4n) is 2.24. The first-order chi connectivity index (χ1) is 9.37. The molecule has 0 aliphatic carbocycles. The van der Waals surface area contributed by atoms with Crippen LogP contribution in [0.15, 0.2) is 23.1 Å². The predicted octanol–water partition coefficient (Wildman–Crippen LogP) is 1.58. The van der Waals surface area contributed by atoms with Crippen molar-refractivity contribution < 1.29 is 13.3 Å². The first-order valence-electron chi connectivity index (χ1n) is 6.04. The van der Waals surface area contributed by atoms with E-state index in [9.17, 15) is 18.5 Å². The highest BCUT2D eigenvalue weighted by Crippen LogP contribution is 2.28. The van der Waals surface area contributed by atoms with E-state index in [0.29, 0.717) is 18.4 Å². The summed E-state index contributed by atoms with van der Waals surface area (Å²) in [6.45, 7) is 1.81. The molecule has 1 aliphatic heterocycles. The zero-order valence-electron chi connectivity index (χ0n) is 10.8. The number of sulfonamides is 1. The minimum Gasteiger partial charge on any atom is -0.258 e. The predicted molar refractivity (Wildman–Crippen MR) is 70.4 cm³/mol. The Bertz CT molecular complexity index is 693. The maximum atomic E-state index is 12.4. The second-order valence-electron chi connectivity index (χ2n) is 4.61. The van der Waals surface area contributed by atoms with Gasteiger partial charge in [-0.3, -0.25) is 10.1 Å². The normalized spacial score (nSPS) is 19.7. The number of hydrogen-bond donors (Lipinski definition) is 0. The number of hydrogen-bond acceptors (Lipinski definition) is 5. The van der Waals surface area contributed by atoms with E-state index in [-0.39, 0.29) is 17.1 Å². The quantitative estimate of drug-likeness (QED) is 0.622. The summed E-state index contributed by atoms with van der Waals surface area (Å²) in [5.74, 6) is 0. The third-order valence-electron chi connectivity index (χ3n) is 3.34. The van der Waals surface area contributed by atoms with Crippen LogP contribution in [0.3, 0.4) is 0 Å². The van der Waals surface area contributed by atoms with Gasteiger partial charge >= 0.3 is 0 Å². The van der Waals surface area contributed by atoms with Crippen molar-refractivity contribution in [2.45, 2.75) is 30.7 Å². The summed E-state index contributed by atoms with van der Waals surface area (Å²) in [5.41, 5.74) is 0.158.